The van der Waals surface area contributed by atoms with Gasteiger partial charge in [-0.3, -0.25) is 4.79 Å². The Morgan fingerprint density at radius 3 is 2.48 bits per heavy atom. The predicted octanol–water partition coefficient (Wildman–Crippen LogP) is 2.10. The monoisotopic (exact) mass is 323 g/mol. The second kappa shape index (κ2) is 10.2. The summed E-state index contributed by atoms with van der Waals surface area (Å²) in [5, 5.41) is 11.5. The third-order valence-electron chi connectivity index (χ3n) is 2.96. The molecule has 1 rings (SSSR count). The van der Waals surface area contributed by atoms with E-state index < -0.39 is 24.1 Å². The van der Waals surface area contributed by atoms with E-state index >= 15 is 0 Å². The molecule has 0 saturated heterocycles. The van der Waals surface area contributed by atoms with Crippen LogP contribution in [0.3, 0.4) is 0 Å². The molecule has 1 aromatic carbocycles. The molecular formula is C16H21NO6. The first-order chi connectivity index (χ1) is 11.0. The van der Waals surface area contributed by atoms with Gasteiger partial charge in [0.1, 0.15) is 6.61 Å². The maximum Gasteiger partial charge on any atom is 0.407 e. The summed E-state index contributed by atoms with van der Waals surface area (Å²) in [5.74, 6) is -1.80. The van der Waals surface area contributed by atoms with Gasteiger partial charge < -0.3 is 19.9 Å². The minimum Gasteiger partial charge on any atom is -0.479 e. The van der Waals surface area contributed by atoms with E-state index in [1.165, 1.54) is 6.92 Å². The lowest BCUT2D eigenvalue weighted by Gasteiger charge is -2.12. The molecule has 7 heteroatoms. The molecular weight excluding hydrogens is 302 g/mol. The summed E-state index contributed by atoms with van der Waals surface area (Å²) in [4.78, 5) is 33.1. The molecule has 0 bridgehead atoms. The number of carbonyl (C=O) groups excluding carboxylic acids is 2. The van der Waals surface area contributed by atoms with Crippen molar-refractivity contribution in [3.8, 4) is 0 Å². The van der Waals surface area contributed by atoms with E-state index in [4.69, 9.17) is 9.84 Å². The zero-order chi connectivity index (χ0) is 17.1. The number of carboxylic acids is 1. The van der Waals surface area contributed by atoms with Gasteiger partial charge in [-0.25, -0.2) is 9.59 Å². The van der Waals surface area contributed by atoms with Crippen LogP contribution in [0, 0.1) is 0 Å². The molecule has 0 aliphatic carbocycles. The van der Waals surface area contributed by atoms with Gasteiger partial charge in [0.25, 0.3) is 0 Å². The number of unbranched alkanes of at least 4 members (excludes halogenated alkanes) is 1. The highest BCUT2D eigenvalue weighted by atomic mass is 16.6. The van der Waals surface area contributed by atoms with Crippen molar-refractivity contribution in [1.29, 1.82) is 0 Å². The zero-order valence-corrected chi connectivity index (χ0v) is 13.0. The Hall–Kier alpha value is -2.57. The molecule has 1 aromatic rings. The predicted molar refractivity (Wildman–Crippen MR) is 81.7 cm³/mol. The van der Waals surface area contributed by atoms with Gasteiger partial charge in [0, 0.05) is 13.5 Å². The minimum absolute atomic E-state index is 0.195. The molecule has 1 amide bonds. The molecule has 1 unspecified atom stereocenters. The number of benzene rings is 1. The molecule has 0 fully saturated rings. The van der Waals surface area contributed by atoms with Crippen LogP contribution in [0.1, 0.15) is 31.7 Å². The highest BCUT2D eigenvalue weighted by Crippen LogP contribution is 2.06. The molecule has 0 radical (unpaired) electrons. The fourth-order valence-corrected chi connectivity index (χ4v) is 1.85. The van der Waals surface area contributed by atoms with Crippen LogP contribution >= 0.6 is 0 Å². The van der Waals surface area contributed by atoms with E-state index in [-0.39, 0.29) is 13.0 Å². The van der Waals surface area contributed by atoms with Crippen LogP contribution in [0.25, 0.3) is 0 Å². The molecule has 0 spiro atoms. The molecule has 126 valence electrons. The second-order valence-electron chi connectivity index (χ2n) is 4.92. The number of alkyl carbamates (subject to hydrolysis) is 1. The van der Waals surface area contributed by atoms with Crippen molar-refractivity contribution < 1.29 is 29.0 Å². The quantitative estimate of drug-likeness (QED) is 0.533. The second-order valence-corrected chi connectivity index (χ2v) is 4.92. The number of hydrogen-bond donors (Lipinski definition) is 2. The zero-order valence-electron chi connectivity index (χ0n) is 13.0. The average Bonchev–Trinajstić information content (AvgIpc) is 2.52. The van der Waals surface area contributed by atoms with E-state index in [9.17, 15) is 14.4 Å². The minimum atomic E-state index is -1.17. The number of amides is 1. The average molecular weight is 323 g/mol. The summed E-state index contributed by atoms with van der Waals surface area (Å²) in [7, 11) is 0. The third-order valence-corrected chi connectivity index (χ3v) is 2.96. The summed E-state index contributed by atoms with van der Waals surface area (Å²) in [6.45, 7) is 1.72. The number of rotatable bonds is 9. The maximum absolute atomic E-state index is 11.5. The largest absolute Gasteiger partial charge is 0.479 e. The van der Waals surface area contributed by atoms with E-state index in [1.54, 1.807) is 0 Å². The van der Waals surface area contributed by atoms with Crippen LogP contribution in [-0.2, 0) is 25.7 Å². The number of carbonyl (C=O) groups is 3. The lowest BCUT2D eigenvalue weighted by atomic mass is 10.1. The standard InChI is InChI=1S/C16H21NO6/c1-12(18)23-14(15(19)20)9-5-6-10-17-16(21)22-11-13-7-3-2-4-8-13/h2-4,7-8,14H,5-6,9-11H2,1H3,(H,17,21)(H,19,20). The maximum atomic E-state index is 11.5. The van der Waals surface area contributed by atoms with Crippen LogP contribution in [0.4, 0.5) is 4.79 Å². The van der Waals surface area contributed by atoms with Crippen molar-refractivity contribution in [3.05, 3.63) is 35.9 Å². The molecule has 0 aliphatic rings. The van der Waals surface area contributed by atoms with Crippen molar-refractivity contribution in [2.45, 2.75) is 38.9 Å². The van der Waals surface area contributed by atoms with Crippen LogP contribution in [0.15, 0.2) is 30.3 Å². The Balaban J connectivity index is 2.12. The number of carboxylic acid groups (broad SMARTS) is 1. The van der Waals surface area contributed by atoms with E-state index in [2.05, 4.69) is 10.1 Å². The molecule has 2 N–H and O–H groups in total. The summed E-state index contributed by atoms with van der Waals surface area (Å²) in [5.41, 5.74) is 0.897. The first kappa shape index (κ1) is 18.5. The topological polar surface area (TPSA) is 102 Å². The normalized spacial score (nSPS) is 11.3. The molecule has 23 heavy (non-hydrogen) atoms. The van der Waals surface area contributed by atoms with Gasteiger partial charge in [0.05, 0.1) is 0 Å². The van der Waals surface area contributed by atoms with Crippen molar-refractivity contribution in [2.75, 3.05) is 6.54 Å². The van der Waals surface area contributed by atoms with Crippen molar-refractivity contribution >= 4 is 18.0 Å². The highest BCUT2D eigenvalue weighted by Gasteiger charge is 2.19. The Labute approximate surface area is 134 Å². The van der Waals surface area contributed by atoms with Crippen LogP contribution in [0.5, 0.6) is 0 Å². The Bertz CT molecular complexity index is 517. The van der Waals surface area contributed by atoms with E-state index in [0.29, 0.717) is 19.4 Å². The summed E-state index contributed by atoms with van der Waals surface area (Å²) in [6.07, 6.45) is -0.397. The molecule has 0 aromatic heterocycles. The number of nitrogens with one attached hydrogen (secondary N) is 1. The fraction of sp³-hybridized carbons (Fsp3) is 0.438. The first-order valence-corrected chi connectivity index (χ1v) is 7.33. The summed E-state index contributed by atoms with van der Waals surface area (Å²) in [6, 6.07) is 9.31. The van der Waals surface area contributed by atoms with Gasteiger partial charge in [-0.2, -0.15) is 0 Å². The lowest BCUT2D eigenvalue weighted by molar-refractivity contribution is -0.163. The van der Waals surface area contributed by atoms with Gasteiger partial charge in [-0.15, -0.1) is 0 Å². The number of ether oxygens (including phenoxy) is 2. The van der Waals surface area contributed by atoms with Gasteiger partial charge in [0.2, 0.25) is 0 Å². The summed E-state index contributed by atoms with van der Waals surface area (Å²) < 4.78 is 9.71. The molecule has 0 aliphatic heterocycles. The first-order valence-electron chi connectivity index (χ1n) is 7.33. The molecule has 0 saturated carbocycles. The SMILES string of the molecule is CC(=O)OC(CCCCNC(=O)OCc1ccccc1)C(=O)O. The van der Waals surface area contributed by atoms with Crippen LogP contribution in [-0.4, -0.2) is 35.8 Å². The molecule has 7 nitrogen and oxygen atoms in total. The van der Waals surface area contributed by atoms with Crippen molar-refractivity contribution in [3.63, 3.8) is 0 Å². The molecule has 1 atom stereocenters. The van der Waals surface area contributed by atoms with Crippen LogP contribution in [0.2, 0.25) is 0 Å². The third kappa shape index (κ3) is 8.45. The number of aliphatic carboxylic acids is 1. The number of hydrogen-bond acceptors (Lipinski definition) is 5. The van der Waals surface area contributed by atoms with Gasteiger partial charge in [0.15, 0.2) is 6.10 Å². The van der Waals surface area contributed by atoms with E-state index in [1.807, 2.05) is 30.3 Å². The van der Waals surface area contributed by atoms with Crippen molar-refractivity contribution in [1.82, 2.24) is 5.32 Å². The molecule has 0 heterocycles. The van der Waals surface area contributed by atoms with Gasteiger partial charge >= 0.3 is 18.0 Å². The van der Waals surface area contributed by atoms with Crippen LogP contribution < -0.4 is 5.32 Å². The fourth-order valence-electron chi connectivity index (χ4n) is 1.85. The highest BCUT2D eigenvalue weighted by molar-refractivity contribution is 5.76. The Morgan fingerprint density at radius 1 is 1.17 bits per heavy atom. The van der Waals surface area contributed by atoms with Gasteiger partial charge in [-0.05, 0) is 24.8 Å². The van der Waals surface area contributed by atoms with E-state index in [0.717, 1.165) is 5.56 Å². The Morgan fingerprint density at radius 2 is 1.87 bits per heavy atom. The Kier molecular flexibility index (Phi) is 8.20. The number of esters is 1. The van der Waals surface area contributed by atoms with Gasteiger partial charge in [-0.1, -0.05) is 30.3 Å². The van der Waals surface area contributed by atoms with Crippen molar-refractivity contribution in [2.24, 2.45) is 0 Å². The lowest BCUT2D eigenvalue weighted by Crippen LogP contribution is -2.27. The summed E-state index contributed by atoms with van der Waals surface area (Å²) >= 11 is 0. The smallest absolute Gasteiger partial charge is 0.407 e.